The summed E-state index contributed by atoms with van der Waals surface area (Å²) in [5.41, 5.74) is 0.506. The number of aromatic carboxylic acids is 1. The average Bonchev–Trinajstić information content (AvgIpc) is 2.70. The monoisotopic (exact) mass is 255 g/mol. The smallest absolute Gasteiger partial charge is 0.337 e. The predicted octanol–water partition coefficient (Wildman–Crippen LogP) is 1.62. The molecule has 0 aromatic carbocycles. The summed E-state index contributed by atoms with van der Waals surface area (Å²) in [4.78, 5) is 10.9. The van der Waals surface area contributed by atoms with Crippen molar-refractivity contribution in [2.45, 2.75) is 13.5 Å². The van der Waals surface area contributed by atoms with Gasteiger partial charge in [-0.1, -0.05) is 11.6 Å². The minimum atomic E-state index is -1.05. The molecule has 0 saturated carbocycles. The molecule has 0 unspecified atom stereocenters. The summed E-state index contributed by atoms with van der Waals surface area (Å²) >= 11 is 5.93. The van der Waals surface area contributed by atoms with Crippen LogP contribution in [-0.2, 0) is 11.3 Å². The number of pyridine rings is 1. The van der Waals surface area contributed by atoms with Crippen molar-refractivity contribution in [1.29, 1.82) is 0 Å². The van der Waals surface area contributed by atoms with Crippen LogP contribution in [-0.4, -0.2) is 32.3 Å². The van der Waals surface area contributed by atoms with Crippen LogP contribution in [0.3, 0.4) is 0 Å². The van der Waals surface area contributed by atoms with E-state index in [1.807, 2.05) is 6.92 Å². The maximum absolute atomic E-state index is 10.9. The Bertz CT molecular complexity index is 567. The number of fused-ring (bicyclic) bond motifs is 1. The van der Waals surface area contributed by atoms with Crippen LogP contribution in [0.25, 0.3) is 5.65 Å². The molecular formula is C10H10ClN3O3. The van der Waals surface area contributed by atoms with E-state index >= 15 is 0 Å². The second-order valence-electron chi connectivity index (χ2n) is 3.33. The van der Waals surface area contributed by atoms with Gasteiger partial charge < -0.3 is 9.84 Å². The Morgan fingerprint density at radius 3 is 3.00 bits per heavy atom. The summed E-state index contributed by atoms with van der Waals surface area (Å²) in [6.07, 6.45) is 1.43. The lowest BCUT2D eigenvalue weighted by atomic mass is 10.3. The number of nitrogens with zero attached hydrogens (tertiary/aromatic N) is 3. The van der Waals surface area contributed by atoms with Gasteiger partial charge in [0.1, 0.15) is 6.61 Å². The van der Waals surface area contributed by atoms with E-state index in [-0.39, 0.29) is 17.2 Å². The maximum Gasteiger partial charge on any atom is 0.337 e. The third-order valence-electron chi connectivity index (χ3n) is 2.21. The van der Waals surface area contributed by atoms with Crippen LogP contribution in [0.15, 0.2) is 12.3 Å². The fourth-order valence-electron chi connectivity index (χ4n) is 1.41. The molecule has 0 atom stereocenters. The topological polar surface area (TPSA) is 76.7 Å². The molecular weight excluding hydrogens is 246 g/mol. The summed E-state index contributed by atoms with van der Waals surface area (Å²) in [6.45, 7) is 2.66. The summed E-state index contributed by atoms with van der Waals surface area (Å²) in [5, 5.41) is 17.0. The highest BCUT2D eigenvalue weighted by Crippen LogP contribution is 2.18. The SMILES string of the molecule is CCOCc1nnc2c(Cl)cc(C(=O)O)cn12. The highest BCUT2D eigenvalue weighted by atomic mass is 35.5. The fourth-order valence-corrected chi connectivity index (χ4v) is 1.65. The van der Waals surface area contributed by atoms with Crippen LogP contribution in [0.2, 0.25) is 5.02 Å². The summed E-state index contributed by atoms with van der Waals surface area (Å²) in [6, 6.07) is 1.35. The Balaban J connectivity index is 2.53. The standard InChI is InChI=1S/C10H10ClN3O3/c1-2-17-5-8-12-13-9-7(11)3-6(10(15)16)4-14(8)9/h3-4H,2,5H2,1H3,(H,15,16). The van der Waals surface area contributed by atoms with Gasteiger partial charge in [-0.2, -0.15) is 0 Å². The summed E-state index contributed by atoms with van der Waals surface area (Å²) < 4.78 is 6.74. The van der Waals surface area contributed by atoms with Crippen molar-refractivity contribution in [2.75, 3.05) is 6.61 Å². The minimum absolute atomic E-state index is 0.0834. The molecule has 2 aromatic rings. The normalized spacial score (nSPS) is 10.9. The number of carboxylic acid groups (broad SMARTS) is 1. The largest absolute Gasteiger partial charge is 0.478 e. The second-order valence-corrected chi connectivity index (χ2v) is 3.74. The van der Waals surface area contributed by atoms with E-state index < -0.39 is 5.97 Å². The molecule has 6 nitrogen and oxygen atoms in total. The first-order chi connectivity index (χ1) is 8.13. The van der Waals surface area contributed by atoms with E-state index in [4.69, 9.17) is 21.4 Å². The van der Waals surface area contributed by atoms with Crippen molar-refractivity contribution < 1.29 is 14.6 Å². The van der Waals surface area contributed by atoms with Gasteiger partial charge >= 0.3 is 5.97 Å². The molecule has 0 saturated heterocycles. The van der Waals surface area contributed by atoms with Crippen molar-refractivity contribution in [1.82, 2.24) is 14.6 Å². The third-order valence-corrected chi connectivity index (χ3v) is 2.49. The first-order valence-corrected chi connectivity index (χ1v) is 5.35. The number of aromatic nitrogens is 3. The van der Waals surface area contributed by atoms with Crippen LogP contribution in [0.5, 0.6) is 0 Å². The Morgan fingerprint density at radius 1 is 1.59 bits per heavy atom. The Labute approximate surface area is 102 Å². The van der Waals surface area contributed by atoms with Crippen molar-refractivity contribution in [3.05, 3.63) is 28.7 Å². The van der Waals surface area contributed by atoms with E-state index in [0.717, 1.165) is 0 Å². The molecule has 2 aromatic heterocycles. The van der Waals surface area contributed by atoms with Gasteiger partial charge in [-0.25, -0.2) is 4.79 Å². The third kappa shape index (κ3) is 2.22. The average molecular weight is 256 g/mol. The molecule has 0 spiro atoms. The Morgan fingerprint density at radius 2 is 2.35 bits per heavy atom. The van der Waals surface area contributed by atoms with Crippen LogP contribution >= 0.6 is 11.6 Å². The zero-order valence-electron chi connectivity index (χ0n) is 9.05. The molecule has 0 amide bonds. The van der Waals surface area contributed by atoms with Crippen LogP contribution in [0.1, 0.15) is 23.1 Å². The molecule has 2 heterocycles. The number of halogens is 1. The van der Waals surface area contributed by atoms with E-state index in [2.05, 4.69) is 10.2 Å². The maximum atomic E-state index is 10.9. The lowest BCUT2D eigenvalue weighted by molar-refractivity contribution is 0.0696. The molecule has 17 heavy (non-hydrogen) atoms. The van der Waals surface area contributed by atoms with Crippen LogP contribution in [0.4, 0.5) is 0 Å². The van der Waals surface area contributed by atoms with E-state index in [9.17, 15) is 4.79 Å². The zero-order chi connectivity index (χ0) is 12.4. The van der Waals surface area contributed by atoms with Gasteiger partial charge in [-0.05, 0) is 13.0 Å². The molecule has 0 aliphatic carbocycles. The van der Waals surface area contributed by atoms with Gasteiger partial charge in [0.05, 0.1) is 10.6 Å². The van der Waals surface area contributed by atoms with Gasteiger partial charge in [0.15, 0.2) is 11.5 Å². The molecule has 0 radical (unpaired) electrons. The summed E-state index contributed by atoms with van der Waals surface area (Å²) in [7, 11) is 0. The molecule has 0 aliphatic rings. The molecule has 2 rings (SSSR count). The number of carboxylic acids is 1. The number of hydrogen-bond donors (Lipinski definition) is 1. The van der Waals surface area contributed by atoms with E-state index in [0.29, 0.717) is 18.1 Å². The van der Waals surface area contributed by atoms with Crippen molar-refractivity contribution in [2.24, 2.45) is 0 Å². The second kappa shape index (κ2) is 4.68. The zero-order valence-corrected chi connectivity index (χ0v) is 9.81. The lowest BCUT2D eigenvalue weighted by Gasteiger charge is -2.02. The van der Waals surface area contributed by atoms with Crippen molar-refractivity contribution >= 4 is 23.2 Å². The van der Waals surface area contributed by atoms with Crippen molar-refractivity contribution in [3.63, 3.8) is 0 Å². The molecule has 0 bridgehead atoms. The molecule has 7 heteroatoms. The quantitative estimate of drug-likeness (QED) is 0.898. The number of hydrogen-bond acceptors (Lipinski definition) is 4. The fraction of sp³-hybridized carbons (Fsp3) is 0.300. The number of ether oxygens (including phenoxy) is 1. The highest BCUT2D eigenvalue weighted by molar-refractivity contribution is 6.33. The molecule has 0 aliphatic heterocycles. The summed E-state index contributed by atoms with van der Waals surface area (Å²) in [5.74, 6) is -0.531. The molecule has 0 fully saturated rings. The van der Waals surface area contributed by atoms with Gasteiger partial charge in [0.2, 0.25) is 0 Å². The highest BCUT2D eigenvalue weighted by Gasteiger charge is 2.13. The van der Waals surface area contributed by atoms with Gasteiger partial charge in [0.25, 0.3) is 0 Å². The van der Waals surface area contributed by atoms with Crippen molar-refractivity contribution in [3.8, 4) is 0 Å². The first kappa shape index (κ1) is 11.8. The predicted molar refractivity (Wildman–Crippen MR) is 60.3 cm³/mol. The van der Waals surface area contributed by atoms with E-state index in [1.54, 1.807) is 0 Å². The Hall–Kier alpha value is -1.66. The minimum Gasteiger partial charge on any atom is -0.478 e. The number of carbonyl (C=O) groups is 1. The lowest BCUT2D eigenvalue weighted by Crippen LogP contribution is -2.03. The molecule has 1 N–H and O–H groups in total. The first-order valence-electron chi connectivity index (χ1n) is 4.97. The Kier molecular flexibility index (Phi) is 3.26. The van der Waals surface area contributed by atoms with Gasteiger partial charge in [-0.15, -0.1) is 10.2 Å². The van der Waals surface area contributed by atoms with Crippen LogP contribution in [0, 0.1) is 0 Å². The van der Waals surface area contributed by atoms with Crippen LogP contribution < -0.4 is 0 Å². The van der Waals surface area contributed by atoms with Gasteiger partial charge in [-0.3, -0.25) is 4.40 Å². The van der Waals surface area contributed by atoms with E-state index in [1.165, 1.54) is 16.7 Å². The molecule has 90 valence electrons. The van der Waals surface area contributed by atoms with Gasteiger partial charge in [0, 0.05) is 12.8 Å². The number of rotatable bonds is 4.